The van der Waals surface area contributed by atoms with Crippen molar-refractivity contribution >= 4 is 0 Å². The lowest BCUT2D eigenvalue weighted by atomic mass is 10.1. The van der Waals surface area contributed by atoms with Crippen LogP contribution in [0.3, 0.4) is 0 Å². The van der Waals surface area contributed by atoms with Crippen molar-refractivity contribution in [1.82, 2.24) is 4.90 Å². The third-order valence-corrected chi connectivity index (χ3v) is 2.67. The Labute approximate surface area is 74.3 Å². The van der Waals surface area contributed by atoms with Crippen molar-refractivity contribution in [3.05, 3.63) is 0 Å². The topological polar surface area (TPSA) is 32.7 Å². The molecule has 0 radical (unpaired) electrons. The molecule has 1 saturated heterocycles. The van der Waals surface area contributed by atoms with E-state index in [0.717, 1.165) is 19.6 Å². The highest BCUT2D eigenvalue weighted by atomic mass is 16.5. The number of aliphatic hydroxyl groups is 1. The fourth-order valence-electron chi connectivity index (χ4n) is 1.53. The van der Waals surface area contributed by atoms with Crippen LogP contribution in [0.1, 0.15) is 19.8 Å². The molecule has 0 aromatic carbocycles. The van der Waals surface area contributed by atoms with Crippen LogP contribution in [0, 0.1) is 0 Å². The highest BCUT2D eigenvalue weighted by molar-refractivity contribution is 4.75. The van der Waals surface area contributed by atoms with Gasteiger partial charge in [-0.1, -0.05) is 0 Å². The molecule has 72 valence electrons. The summed E-state index contributed by atoms with van der Waals surface area (Å²) in [5.74, 6) is 0. The largest absolute Gasteiger partial charge is 0.395 e. The lowest BCUT2D eigenvalue weighted by Gasteiger charge is -2.34. The SMILES string of the molecule is CC(CO)N(C)C1CCCOC1. The third-order valence-electron chi connectivity index (χ3n) is 2.67. The first kappa shape index (κ1) is 9.96. The molecule has 0 aromatic rings. The van der Waals surface area contributed by atoms with E-state index in [1.54, 1.807) is 0 Å². The van der Waals surface area contributed by atoms with E-state index in [9.17, 15) is 0 Å². The summed E-state index contributed by atoms with van der Waals surface area (Å²) in [6.45, 7) is 3.99. The Bertz CT molecular complexity index is 124. The van der Waals surface area contributed by atoms with Gasteiger partial charge in [0.25, 0.3) is 0 Å². The van der Waals surface area contributed by atoms with Gasteiger partial charge in [0.2, 0.25) is 0 Å². The molecule has 1 fully saturated rings. The van der Waals surface area contributed by atoms with Gasteiger partial charge in [-0.25, -0.2) is 0 Å². The lowest BCUT2D eigenvalue weighted by Crippen LogP contribution is -2.44. The van der Waals surface area contributed by atoms with Crippen molar-refractivity contribution < 1.29 is 9.84 Å². The van der Waals surface area contributed by atoms with E-state index in [1.165, 1.54) is 6.42 Å². The molecule has 2 atom stereocenters. The van der Waals surface area contributed by atoms with Crippen LogP contribution >= 0.6 is 0 Å². The first-order valence-corrected chi connectivity index (χ1v) is 4.66. The number of hydrogen-bond acceptors (Lipinski definition) is 3. The second-order valence-electron chi connectivity index (χ2n) is 3.57. The molecule has 1 N–H and O–H groups in total. The zero-order valence-electron chi connectivity index (χ0n) is 7.99. The molecule has 0 saturated carbocycles. The van der Waals surface area contributed by atoms with Gasteiger partial charge in [0, 0.05) is 18.7 Å². The molecule has 0 spiro atoms. The van der Waals surface area contributed by atoms with Crippen LogP contribution in [0.15, 0.2) is 0 Å². The van der Waals surface area contributed by atoms with Crippen molar-refractivity contribution in [3.8, 4) is 0 Å². The van der Waals surface area contributed by atoms with E-state index in [4.69, 9.17) is 9.84 Å². The molecule has 3 heteroatoms. The average molecular weight is 173 g/mol. The summed E-state index contributed by atoms with van der Waals surface area (Å²) in [6, 6.07) is 0.748. The molecule has 0 bridgehead atoms. The number of hydrogen-bond donors (Lipinski definition) is 1. The zero-order chi connectivity index (χ0) is 8.97. The van der Waals surface area contributed by atoms with E-state index in [1.807, 2.05) is 6.92 Å². The Morgan fingerprint density at radius 1 is 1.67 bits per heavy atom. The Morgan fingerprint density at radius 2 is 2.42 bits per heavy atom. The number of nitrogens with zero attached hydrogens (tertiary/aromatic N) is 1. The molecule has 1 rings (SSSR count). The number of likely N-dealkylation sites (N-methyl/N-ethyl adjacent to an activating group) is 1. The Kier molecular flexibility index (Phi) is 3.98. The normalized spacial score (nSPS) is 27.5. The molecule has 0 amide bonds. The van der Waals surface area contributed by atoms with Crippen LogP contribution in [0.5, 0.6) is 0 Å². The molecule has 0 aromatic heterocycles. The first-order valence-electron chi connectivity index (χ1n) is 4.66. The predicted octanol–water partition coefficient (Wildman–Crippen LogP) is 0.478. The fraction of sp³-hybridized carbons (Fsp3) is 1.00. The van der Waals surface area contributed by atoms with Gasteiger partial charge in [-0.3, -0.25) is 4.90 Å². The molecule has 1 heterocycles. The van der Waals surface area contributed by atoms with Gasteiger partial charge in [-0.15, -0.1) is 0 Å². The first-order chi connectivity index (χ1) is 5.75. The Hall–Kier alpha value is -0.120. The third kappa shape index (κ3) is 2.44. The lowest BCUT2D eigenvalue weighted by molar-refractivity contribution is 0.00538. The van der Waals surface area contributed by atoms with Crippen molar-refractivity contribution in [2.75, 3.05) is 26.9 Å². The van der Waals surface area contributed by atoms with Crippen LogP contribution in [0.2, 0.25) is 0 Å². The molecule has 3 nitrogen and oxygen atoms in total. The van der Waals surface area contributed by atoms with Crippen LogP contribution < -0.4 is 0 Å². The molecule has 1 aliphatic heterocycles. The maximum absolute atomic E-state index is 8.95. The van der Waals surface area contributed by atoms with E-state index in [0.29, 0.717) is 6.04 Å². The van der Waals surface area contributed by atoms with Crippen LogP contribution in [0.25, 0.3) is 0 Å². The maximum Gasteiger partial charge on any atom is 0.0621 e. The van der Waals surface area contributed by atoms with Crippen molar-refractivity contribution in [1.29, 1.82) is 0 Å². The molecule has 0 aliphatic carbocycles. The predicted molar refractivity (Wildman–Crippen MR) is 48.2 cm³/mol. The van der Waals surface area contributed by atoms with Gasteiger partial charge in [-0.2, -0.15) is 0 Å². The minimum absolute atomic E-state index is 0.229. The summed E-state index contributed by atoms with van der Waals surface area (Å²) in [5, 5.41) is 8.95. The summed E-state index contributed by atoms with van der Waals surface area (Å²) in [6.07, 6.45) is 2.34. The van der Waals surface area contributed by atoms with Gasteiger partial charge in [0.15, 0.2) is 0 Å². The zero-order valence-corrected chi connectivity index (χ0v) is 7.99. The number of rotatable bonds is 3. The van der Waals surface area contributed by atoms with Crippen molar-refractivity contribution in [3.63, 3.8) is 0 Å². The summed E-state index contributed by atoms with van der Waals surface area (Å²) < 4.78 is 5.37. The number of aliphatic hydroxyl groups excluding tert-OH is 1. The molecule has 12 heavy (non-hydrogen) atoms. The van der Waals surface area contributed by atoms with Gasteiger partial charge >= 0.3 is 0 Å². The van der Waals surface area contributed by atoms with Crippen LogP contribution in [0.4, 0.5) is 0 Å². The van der Waals surface area contributed by atoms with Crippen molar-refractivity contribution in [2.24, 2.45) is 0 Å². The van der Waals surface area contributed by atoms with Gasteiger partial charge in [0.1, 0.15) is 0 Å². The smallest absolute Gasteiger partial charge is 0.0621 e. The molecule has 2 unspecified atom stereocenters. The van der Waals surface area contributed by atoms with Gasteiger partial charge in [0.05, 0.1) is 13.2 Å². The maximum atomic E-state index is 8.95. The summed E-state index contributed by atoms with van der Waals surface area (Å²) in [4.78, 5) is 2.21. The Morgan fingerprint density at radius 3 is 2.92 bits per heavy atom. The minimum atomic E-state index is 0.229. The van der Waals surface area contributed by atoms with E-state index in [2.05, 4.69) is 11.9 Å². The molecular formula is C9H19NO2. The van der Waals surface area contributed by atoms with Gasteiger partial charge in [-0.05, 0) is 26.8 Å². The highest BCUT2D eigenvalue weighted by Crippen LogP contribution is 2.13. The Balaban J connectivity index is 2.33. The number of ether oxygens (including phenoxy) is 1. The summed E-state index contributed by atoms with van der Waals surface area (Å²) in [7, 11) is 2.06. The fourth-order valence-corrected chi connectivity index (χ4v) is 1.53. The molecular weight excluding hydrogens is 154 g/mol. The van der Waals surface area contributed by atoms with Crippen LogP contribution in [-0.4, -0.2) is 49.0 Å². The van der Waals surface area contributed by atoms with Gasteiger partial charge < -0.3 is 9.84 Å². The van der Waals surface area contributed by atoms with E-state index in [-0.39, 0.29) is 12.6 Å². The highest BCUT2D eigenvalue weighted by Gasteiger charge is 2.21. The van der Waals surface area contributed by atoms with Crippen molar-refractivity contribution in [2.45, 2.75) is 31.8 Å². The quantitative estimate of drug-likeness (QED) is 0.673. The second kappa shape index (κ2) is 4.80. The second-order valence-corrected chi connectivity index (χ2v) is 3.57. The molecule has 1 aliphatic rings. The summed E-state index contributed by atoms with van der Waals surface area (Å²) in [5.41, 5.74) is 0. The monoisotopic (exact) mass is 173 g/mol. The summed E-state index contributed by atoms with van der Waals surface area (Å²) >= 11 is 0. The average Bonchev–Trinajstić information content (AvgIpc) is 2.17. The van der Waals surface area contributed by atoms with E-state index < -0.39 is 0 Å². The minimum Gasteiger partial charge on any atom is -0.395 e. The van der Waals surface area contributed by atoms with Crippen LogP contribution in [-0.2, 0) is 4.74 Å². The standard InChI is InChI=1S/C9H19NO2/c1-8(6-11)10(2)9-4-3-5-12-7-9/h8-9,11H,3-7H2,1-2H3. The van der Waals surface area contributed by atoms with E-state index >= 15 is 0 Å².